The number of halogens is 1. The smallest absolute Gasteiger partial charge is 0.254 e. The number of nitrogens with zero attached hydrogens (tertiary/aromatic N) is 2. The number of rotatable bonds is 2. The molecule has 1 unspecified atom stereocenters. The summed E-state index contributed by atoms with van der Waals surface area (Å²) in [6, 6.07) is 16.9. The van der Waals surface area contributed by atoms with Gasteiger partial charge < -0.3 is 14.2 Å². The highest BCUT2D eigenvalue weighted by molar-refractivity contribution is 9.10. The first-order chi connectivity index (χ1) is 13.0. The van der Waals surface area contributed by atoms with Gasteiger partial charge in [-0.3, -0.25) is 9.59 Å². The second kappa shape index (κ2) is 7.29. The van der Waals surface area contributed by atoms with Crippen molar-refractivity contribution in [1.82, 2.24) is 9.47 Å². The van der Waals surface area contributed by atoms with Gasteiger partial charge in [-0.15, -0.1) is 0 Å². The van der Waals surface area contributed by atoms with Crippen molar-refractivity contribution in [3.8, 4) is 0 Å². The Morgan fingerprint density at radius 2 is 1.89 bits per heavy atom. The van der Waals surface area contributed by atoms with Crippen LogP contribution in [0.2, 0.25) is 0 Å². The summed E-state index contributed by atoms with van der Waals surface area (Å²) >= 11 is 3.43. The third-order valence-corrected chi connectivity index (χ3v) is 5.51. The Labute approximate surface area is 165 Å². The maximum atomic E-state index is 13.2. The van der Waals surface area contributed by atoms with E-state index in [0.29, 0.717) is 25.3 Å². The minimum absolute atomic E-state index is 0.130. The van der Waals surface area contributed by atoms with Crippen LogP contribution in [0.1, 0.15) is 22.0 Å². The van der Waals surface area contributed by atoms with Crippen LogP contribution in [-0.2, 0) is 11.8 Å². The van der Waals surface area contributed by atoms with Gasteiger partial charge in [-0.1, -0.05) is 46.3 Å². The van der Waals surface area contributed by atoms with E-state index in [9.17, 15) is 9.59 Å². The predicted molar refractivity (Wildman–Crippen MR) is 108 cm³/mol. The molecule has 2 heterocycles. The molecule has 0 saturated carbocycles. The lowest BCUT2D eigenvalue weighted by Crippen LogP contribution is -2.42. The van der Waals surface area contributed by atoms with Crippen molar-refractivity contribution in [3.63, 3.8) is 0 Å². The van der Waals surface area contributed by atoms with E-state index in [1.54, 1.807) is 16.5 Å². The van der Waals surface area contributed by atoms with Crippen molar-refractivity contribution in [2.45, 2.75) is 6.10 Å². The zero-order valence-corrected chi connectivity index (χ0v) is 16.5. The van der Waals surface area contributed by atoms with Crippen LogP contribution < -0.4 is 5.56 Å². The highest BCUT2D eigenvalue weighted by Gasteiger charge is 2.27. The van der Waals surface area contributed by atoms with Crippen LogP contribution in [0, 0.1) is 0 Å². The molecule has 0 spiro atoms. The maximum Gasteiger partial charge on any atom is 0.254 e. The first kappa shape index (κ1) is 17.9. The van der Waals surface area contributed by atoms with Crippen molar-refractivity contribution in [3.05, 3.63) is 80.6 Å². The molecular formula is C21H19BrN2O3. The van der Waals surface area contributed by atoms with Crippen molar-refractivity contribution in [2.75, 3.05) is 19.7 Å². The van der Waals surface area contributed by atoms with Crippen LogP contribution in [0.5, 0.6) is 0 Å². The Kier molecular flexibility index (Phi) is 4.85. The number of aromatic nitrogens is 1. The minimum atomic E-state index is -0.185. The topological polar surface area (TPSA) is 51.5 Å². The Morgan fingerprint density at radius 3 is 2.67 bits per heavy atom. The van der Waals surface area contributed by atoms with E-state index in [1.165, 1.54) is 6.07 Å². The zero-order valence-electron chi connectivity index (χ0n) is 14.9. The molecule has 1 amide bonds. The molecule has 1 atom stereocenters. The normalized spacial score (nSPS) is 17.3. The molecule has 1 aromatic heterocycles. The van der Waals surface area contributed by atoms with Crippen molar-refractivity contribution in [2.24, 2.45) is 7.05 Å². The summed E-state index contributed by atoms with van der Waals surface area (Å²) in [5.41, 5.74) is 2.05. The second-order valence-electron chi connectivity index (χ2n) is 6.63. The summed E-state index contributed by atoms with van der Waals surface area (Å²) in [7, 11) is 1.72. The van der Waals surface area contributed by atoms with Gasteiger partial charge in [-0.25, -0.2) is 0 Å². The number of amides is 1. The van der Waals surface area contributed by atoms with Crippen molar-refractivity contribution < 1.29 is 9.53 Å². The van der Waals surface area contributed by atoms with Crippen LogP contribution in [0.3, 0.4) is 0 Å². The van der Waals surface area contributed by atoms with Gasteiger partial charge in [0.2, 0.25) is 0 Å². The van der Waals surface area contributed by atoms with Crippen LogP contribution in [-0.4, -0.2) is 35.1 Å². The highest BCUT2D eigenvalue weighted by atomic mass is 79.9. The zero-order chi connectivity index (χ0) is 19.0. The summed E-state index contributed by atoms with van der Waals surface area (Å²) < 4.78 is 8.44. The van der Waals surface area contributed by atoms with E-state index >= 15 is 0 Å². The van der Waals surface area contributed by atoms with Gasteiger partial charge in [0.1, 0.15) is 6.10 Å². The van der Waals surface area contributed by atoms with Gasteiger partial charge in [0.15, 0.2) is 0 Å². The number of ether oxygens (including phenoxy) is 1. The maximum absolute atomic E-state index is 13.2. The number of para-hydroxylation sites is 1. The number of hydrogen-bond acceptors (Lipinski definition) is 3. The minimum Gasteiger partial charge on any atom is -0.370 e. The monoisotopic (exact) mass is 426 g/mol. The summed E-state index contributed by atoms with van der Waals surface area (Å²) in [6.45, 7) is 1.44. The van der Waals surface area contributed by atoms with E-state index in [-0.39, 0.29) is 17.6 Å². The number of pyridine rings is 1. The third kappa shape index (κ3) is 3.42. The average molecular weight is 427 g/mol. The number of benzene rings is 2. The number of hydrogen-bond donors (Lipinski definition) is 0. The second-order valence-corrected chi connectivity index (χ2v) is 7.55. The number of aryl methyl sites for hydroxylation is 1. The van der Waals surface area contributed by atoms with Crippen molar-refractivity contribution in [1.29, 1.82) is 0 Å². The molecule has 138 valence electrons. The lowest BCUT2D eigenvalue weighted by Gasteiger charge is -2.33. The fraction of sp³-hybridized carbons (Fsp3) is 0.238. The molecule has 6 heteroatoms. The molecule has 0 radical (unpaired) electrons. The molecular weight excluding hydrogens is 408 g/mol. The third-order valence-electron chi connectivity index (χ3n) is 4.98. The number of carbonyl (C=O) groups excluding carboxylic acids is 1. The van der Waals surface area contributed by atoms with E-state index in [0.717, 1.165) is 20.9 Å². The Morgan fingerprint density at radius 1 is 1.15 bits per heavy atom. The summed E-state index contributed by atoms with van der Waals surface area (Å²) in [6.07, 6.45) is -0.173. The molecule has 1 saturated heterocycles. The molecule has 2 aromatic carbocycles. The largest absolute Gasteiger partial charge is 0.370 e. The van der Waals surface area contributed by atoms with Gasteiger partial charge >= 0.3 is 0 Å². The molecule has 5 nitrogen and oxygen atoms in total. The van der Waals surface area contributed by atoms with Gasteiger partial charge in [-0.05, 0) is 23.8 Å². The van der Waals surface area contributed by atoms with Gasteiger partial charge in [0.05, 0.1) is 24.2 Å². The van der Waals surface area contributed by atoms with Crippen molar-refractivity contribution >= 4 is 32.7 Å². The Balaban J connectivity index is 1.67. The molecule has 3 aromatic rings. The Hall–Kier alpha value is -2.44. The highest BCUT2D eigenvalue weighted by Crippen LogP contribution is 2.26. The predicted octanol–water partition coefficient (Wildman–Crippen LogP) is 3.51. The van der Waals surface area contributed by atoms with Crippen LogP contribution >= 0.6 is 15.9 Å². The number of fused-ring (bicyclic) bond motifs is 1. The fourth-order valence-electron chi connectivity index (χ4n) is 3.47. The molecule has 0 bridgehead atoms. The first-order valence-corrected chi connectivity index (χ1v) is 9.59. The van der Waals surface area contributed by atoms with E-state index in [4.69, 9.17) is 4.74 Å². The molecule has 27 heavy (non-hydrogen) atoms. The summed E-state index contributed by atoms with van der Waals surface area (Å²) in [4.78, 5) is 27.3. The molecule has 0 aliphatic carbocycles. The van der Waals surface area contributed by atoms with E-state index in [2.05, 4.69) is 15.9 Å². The molecule has 1 aliphatic heterocycles. The first-order valence-electron chi connectivity index (χ1n) is 8.80. The SMILES string of the molecule is Cn1c(=O)cc(C(=O)N2CCOC(c3ccc(Br)cc3)C2)c2ccccc21. The van der Waals surface area contributed by atoms with Gasteiger partial charge in [-0.2, -0.15) is 0 Å². The number of morpholine rings is 1. The quantitative estimate of drug-likeness (QED) is 0.629. The number of carbonyl (C=O) groups is 1. The lowest BCUT2D eigenvalue weighted by molar-refractivity contribution is -0.0227. The van der Waals surface area contributed by atoms with Gasteiger partial charge in [0, 0.05) is 29.5 Å². The molecule has 1 aliphatic rings. The van der Waals surface area contributed by atoms with E-state index < -0.39 is 0 Å². The summed E-state index contributed by atoms with van der Waals surface area (Å²) in [5.74, 6) is -0.130. The van der Waals surface area contributed by atoms with Crippen LogP contribution in [0.25, 0.3) is 10.9 Å². The summed E-state index contributed by atoms with van der Waals surface area (Å²) in [5, 5.41) is 0.788. The molecule has 1 fully saturated rings. The fourth-order valence-corrected chi connectivity index (χ4v) is 3.74. The van der Waals surface area contributed by atoms with Crippen LogP contribution in [0.4, 0.5) is 0 Å². The molecule has 4 rings (SSSR count). The standard InChI is InChI=1S/C21H19BrN2O3/c1-23-18-5-3-2-4-16(18)17(12-20(23)25)21(26)24-10-11-27-19(13-24)14-6-8-15(22)9-7-14/h2-9,12,19H,10-11,13H2,1H3. The van der Waals surface area contributed by atoms with Gasteiger partial charge in [0.25, 0.3) is 11.5 Å². The lowest BCUT2D eigenvalue weighted by atomic mass is 10.0. The van der Waals surface area contributed by atoms with E-state index in [1.807, 2.05) is 48.5 Å². The Bertz CT molecular complexity index is 1060. The average Bonchev–Trinajstić information content (AvgIpc) is 2.71. The van der Waals surface area contributed by atoms with Crippen LogP contribution in [0.15, 0.2) is 63.9 Å². The molecule has 0 N–H and O–H groups in total.